The molecule has 0 bridgehead atoms. The zero-order chi connectivity index (χ0) is 18.2. The van der Waals surface area contributed by atoms with Crippen LogP contribution in [-0.2, 0) is 10.0 Å². The molecule has 9 heteroatoms. The SMILES string of the molecule is O=C(NS(=O)(=O)C1CC1)c1cc(Cl)c(OC2CC=C(Cl)CC2)cc1F. The van der Waals surface area contributed by atoms with Crippen molar-refractivity contribution < 1.29 is 22.3 Å². The molecule has 1 N–H and O–H groups in total. The van der Waals surface area contributed by atoms with Crippen molar-refractivity contribution in [1.82, 2.24) is 4.72 Å². The van der Waals surface area contributed by atoms with E-state index in [-0.39, 0.29) is 16.9 Å². The zero-order valence-corrected chi connectivity index (χ0v) is 15.4. The van der Waals surface area contributed by atoms with E-state index in [1.165, 1.54) is 0 Å². The number of sulfonamides is 1. The second-order valence-electron chi connectivity index (χ2n) is 6.10. The predicted octanol–water partition coefficient (Wildman–Crippen LogP) is 3.76. The zero-order valence-electron chi connectivity index (χ0n) is 13.1. The molecule has 1 aromatic carbocycles. The summed E-state index contributed by atoms with van der Waals surface area (Å²) in [6.07, 6.45) is 4.58. The van der Waals surface area contributed by atoms with Gasteiger partial charge in [0.2, 0.25) is 10.0 Å². The number of hydrogen-bond donors (Lipinski definition) is 1. The van der Waals surface area contributed by atoms with Gasteiger partial charge in [-0.25, -0.2) is 17.5 Å². The number of carbonyl (C=O) groups is 1. The third-order valence-electron chi connectivity index (χ3n) is 4.07. The minimum absolute atomic E-state index is 0.0380. The van der Waals surface area contributed by atoms with Gasteiger partial charge in [0.05, 0.1) is 15.8 Å². The molecular weight excluding hydrogens is 392 g/mol. The highest BCUT2D eigenvalue weighted by Gasteiger charge is 2.37. The van der Waals surface area contributed by atoms with Crippen LogP contribution in [0.5, 0.6) is 5.75 Å². The van der Waals surface area contributed by atoms with E-state index in [1.54, 1.807) is 0 Å². The molecule has 0 heterocycles. The largest absolute Gasteiger partial charge is 0.488 e. The van der Waals surface area contributed by atoms with Crippen LogP contribution in [-0.4, -0.2) is 25.7 Å². The molecule has 3 rings (SSSR count). The smallest absolute Gasteiger partial charge is 0.267 e. The van der Waals surface area contributed by atoms with E-state index in [0.29, 0.717) is 32.1 Å². The summed E-state index contributed by atoms with van der Waals surface area (Å²) in [4.78, 5) is 12.1. The number of nitrogens with one attached hydrogen (secondary N) is 1. The molecule has 1 fully saturated rings. The van der Waals surface area contributed by atoms with Crippen molar-refractivity contribution in [2.45, 2.75) is 43.5 Å². The van der Waals surface area contributed by atoms with Crippen LogP contribution >= 0.6 is 23.2 Å². The quantitative estimate of drug-likeness (QED) is 0.806. The van der Waals surface area contributed by atoms with Gasteiger partial charge >= 0.3 is 0 Å². The van der Waals surface area contributed by atoms with Crippen molar-refractivity contribution in [3.05, 3.63) is 39.6 Å². The summed E-state index contributed by atoms with van der Waals surface area (Å²) in [6, 6.07) is 2.08. The van der Waals surface area contributed by atoms with Crippen LogP contribution in [0.2, 0.25) is 5.02 Å². The first kappa shape index (κ1) is 18.5. The summed E-state index contributed by atoms with van der Waals surface area (Å²) in [6.45, 7) is 0. The van der Waals surface area contributed by atoms with Gasteiger partial charge in [-0.05, 0) is 31.7 Å². The van der Waals surface area contributed by atoms with Crippen molar-refractivity contribution in [2.24, 2.45) is 0 Å². The third-order valence-corrected chi connectivity index (χ3v) is 6.52. The lowest BCUT2D eigenvalue weighted by atomic mass is 10.0. The summed E-state index contributed by atoms with van der Waals surface area (Å²) in [7, 11) is -3.76. The second kappa shape index (κ2) is 7.13. The molecule has 1 aromatic rings. The number of rotatable bonds is 5. The molecule has 2 aliphatic rings. The lowest BCUT2D eigenvalue weighted by Crippen LogP contribution is -2.33. The van der Waals surface area contributed by atoms with Crippen LogP contribution in [0.3, 0.4) is 0 Å². The standard InChI is InChI=1S/C16H16Cl2FNO4S/c17-9-1-3-10(4-2-9)24-15-8-14(19)12(7-13(15)18)16(21)20-25(22,23)11-5-6-11/h1,7-8,10-11H,2-6H2,(H,20,21). The molecule has 2 aliphatic carbocycles. The Bertz CT molecular complexity index is 837. The lowest BCUT2D eigenvalue weighted by Gasteiger charge is -2.22. The van der Waals surface area contributed by atoms with E-state index in [0.717, 1.165) is 17.2 Å². The van der Waals surface area contributed by atoms with Gasteiger partial charge in [0.15, 0.2) is 0 Å². The number of hydrogen-bond acceptors (Lipinski definition) is 4. The Morgan fingerprint density at radius 3 is 2.56 bits per heavy atom. The van der Waals surface area contributed by atoms with E-state index in [1.807, 2.05) is 10.8 Å². The normalized spacial score (nSPS) is 20.8. The fourth-order valence-electron chi connectivity index (χ4n) is 2.50. The van der Waals surface area contributed by atoms with Gasteiger partial charge in [-0.15, -0.1) is 0 Å². The predicted molar refractivity (Wildman–Crippen MR) is 93.0 cm³/mol. The molecule has 1 unspecified atom stereocenters. The number of benzene rings is 1. The van der Waals surface area contributed by atoms with E-state index in [2.05, 4.69) is 0 Å². The van der Waals surface area contributed by atoms with Crippen LogP contribution in [0.1, 0.15) is 42.5 Å². The fourth-order valence-corrected chi connectivity index (χ4v) is 4.20. The number of amides is 1. The summed E-state index contributed by atoms with van der Waals surface area (Å²) in [5.41, 5.74) is -0.437. The molecule has 1 atom stereocenters. The molecule has 0 spiro atoms. The van der Waals surface area contributed by atoms with E-state index < -0.39 is 32.6 Å². The Morgan fingerprint density at radius 1 is 1.24 bits per heavy atom. The lowest BCUT2D eigenvalue weighted by molar-refractivity contribution is 0.0977. The molecule has 1 saturated carbocycles. The highest BCUT2D eigenvalue weighted by molar-refractivity contribution is 7.91. The molecule has 5 nitrogen and oxygen atoms in total. The van der Waals surface area contributed by atoms with Gasteiger partial charge in [-0.3, -0.25) is 4.79 Å². The molecular formula is C16H16Cl2FNO4S. The highest BCUT2D eigenvalue weighted by Crippen LogP contribution is 2.32. The Balaban J connectivity index is 1.74. The maximum atomic E-state index is 14.3. The van der Waals surface area contributed by atoms with Gasteiger partial charge in [-0.2, -0.15) is 0 Å². The first-order chi connectivity index (χ1) is 11.8. The van der Waals surface area contributed by atoms with E-state index >= 15 is 0 Å². The Kier molecular flexibility index (Phi) is 5.27. The molecule has 1 amide bonds. The van der Waals surface area contributed by atoms with Crippen LogP contribution in [0.25, 0.3) is 0 Å². The van der Waals surface area contributed by atoms with E-state index in [4.69, 9.17) is 27.9 Å². The van der Waals surface area contributed by atoms with Gasteiger partial charge in [-0.1, -0.05) is 29.3 Å². The highest BCUT2D eigenvalue weighted by atomic mass is 35.5. The molecule has 25 heavy (non-hydrogen) atoms. The Labute approximate surface area is 155 Å². The average molecular weight is 408 g/mol. The number of carbonyl (C=O) groups excluding carboxylic acids is 1. The summed E-state index contributed by atoms with van der Waals surface area (Å²) in [5.74, 6) is -1.82. The first-order valence-electron chi connectivity index (χ1n) is 7.82. The van der Waals surface area contributed by atoms with Gasteiger partial charge in [0.25, 0.3) is 5.91 Å². The summed E-state index contributed by atoms with van der Waals surface area (Å²) < 4.78 is 45.4. The van der Waals surface area contributed by atoms with Gasteiger partial charge < -0.3 is 4.74 Å². The van der Waals surface area contributed by atoms with Gasteiger partial charge in [0.1, 0.15) is 17.7 Å². The van der Waals surface area contributed by atoms with Crippen LogP contribution in [0.15, 0.2) is 23.2 Å². The van der Waals surface area contributed by atoms with Crippen molar-refractivity contribution >= 4 is 39.1 Å². The van der Waals surface area contributed by atoms with Crippen LogP contribution in [0.4, 0.5) is 4.39 Å². The topological polar surface area (TPSA) is 72.5 Å². The number of allylic oxidation sites excluding steroid dienone is 1. The van der Waals surface area contributed by atoms with Crippen LogP contribution in [0, 0.1) is 5.82 Å². The van der Waals surface area contributed by atoms with Gasteiger partial charge in [0, 0.05) is 17.5 Å². The first-order valence-corrected chi connectivity index (χ1v) is 10.1. The Hall–Kier alpha value is -1.31. The molecule has 0 aromatic heterocycles. The second-order valence-corrected chi connectivity index (χ2v) is 8.96. The van der Waals surface area contributed by atoms with Crippen molar-refractivity contribution in [2.75, 3.05) is 0 Å². The minimum Gasteiger partial charge on any atom is -0.488 e. The summed E-state index contributed by atoms with van der Waals surface area (Å²) in [5, 5.41) is 0.223. The van der Waals surface area contributed by atoms with Crippen molar-refractivity contribution in [1.29, 1.82) is 0 Å². The number of ether oxygens (including phenoxy) is 1. The average Bonchev–Trinajstić information content (AvgIpc) is 3.37. The maximum absolute atomic E-state index is 14.3. The van der Waals surface area contributed by atoms with E-state index in [9.17, 15) is 17.6 Å². The molecule has 136 valence electrons. The van der Waals surface area contributed by atoms with Crippen molar-refractivity contribution in [3.63, 3.8) is 0 Å². The maximum Gasteiger partial charge on any atom is 0.267 e. The van der Waals surface area contributed by atoms with Crippen molar-refractivity contribution in [3.8, 4) is 5.75 Å². The summed E-state index contributed by atoms with van der Waals surface area (Å²) >= 11 is 12.0. The Morgan fingerprint density at radius 2 is 1.96 bits per heavy atom. The fraction of sp³-hybridized carbons (Fsp3) is 0.438. The molecule has 0 radical (unpaired) electrons. The number of halogens is 3. The third kappa shape index (κ3) is 4.46. The molecule has 0 aliphatic heterocycles. The monoisotopic (exact) mass is 407 g/mol. The van der Waals surface area contributed by atoms with Crippen LogP contribution < -0.4 is 9.46 Å². The molecule has 0 saturated heterocycles. The minimum atomic E-state index is -3.76.